The van der Waals surface area contributed by atoms with E-state index >= 15 is 0 Å². The van der Waals surface area contributed by atoms with Crippen LogP contribution in [-0.4, -0.2) is 45.2 Å². The van der Waals surface area contributed by atoms with Crippen LogP contribution in [0.2, 0.25) is 5.02 Å². The zero-order valence-corrected chi connectivity index (χ0v) is 12.9. The van der Waals surface area contributed by atoms with Crippen molar-refractivity contribution in [2.45, 2.75) is 25.3 Å². The maximum Gasteiger partial charge on any atom is 0.0659 e. The molecule has 1 aliphatic heterocycles. The molecule has 106 valence electrons. The summed E-state index contributed by atoms with van der Waals surface area (Å²) in [6, 6.07) is 6.79. The molecule has 1 aliphatic rings. The molecular weight excluding hydrogens is 258 g/mol. The Kier molecular flexibility index (Phi) is 4.94. The quantitative estimate of drug-likeness (QED) is 0.917. The molecule has 0 aliphatic carbocycles. The van der Waals surface area contributed by atoms with Crippen LogP contribution in [0.3, 0.4) is 0 Å². The predicted molar refractivity (Wildman–Crippen MR) is 84.5 cm³/mol. The second kappa shape index (κ2) is 6.49. The molecule has 0 aromatic heterocycles. The Morgan fingerprint density at radius 3 is 2.74 bits per heavy atom. The second-order valence-electron chi connectivity index (χ2n) is 5.64. The van der Waals surface area contributed by atoms with Crippen molar-refractivity contribution in [3.05, 3.63) is 23.2 Å². The number of nitrogens with one attached hydrogen (secondary N) is 1. The van der Waals surface area contributed by atoms with Crippen molar-refractivity contribution < 1.29 is 0 Å². The smallest absolute Gasteiger partial charge is 0.0659 e. The van der Waals surface area contributed by atoms with Crippen molar-refractivity contribution in [1.29, 1.82) is 0 Å². The third-order valence-electron chi connectivity index (χ3n) is 3.75. The SMILES string of the molecule is CN1CCCC(Nc2ccc(N(C)C)c(Cl)c2)CC1. The molecule has 1 aromatic carbocycles. The molecule has 1 atom stereocenters. The first-order chi connectivity index (χ1) is 9.06. The Hall–Kier alpha value is -0.930. The van der Waals surface area contributed by atoms with E-state index < -0.39 is 0 Å². The summed E-state index contributed by atoms with van der Waals surface area (Å²) < 4.78 is 0. The molecule has 4 heteroatoms. The van der Waals surface area contributed by atoms with E-state index in [1.165, 1.54) is 32.4 Å². The highest BCUT2D eigenvalue weighted by Gasteiger charge is 2.15. The zero-order valence-electron chi connectivity index (χ0n) is 12.1. The summed E-state index contributed by atoms with van der Waals surface area (Å²) >= 11 is 6.31. The summed E-state index contributed by atoms with van der Waals surface area (Å²) in [6.45, 7) is 2.37. The minimum atomic E-state index is 0.561. The van der Waals surface area contributed by atoms with Crippen LogP contribution in [-0.2, 0) is 0 Å². The molecule has 1 aromatic rings. The lowest BCUT2D eigenvalue weighted by Crippen LogP contribution is -2.23. The lowest BCUT2D eigenvalue weighted by Gasteiger charge is -2.20. The highest BCUT2D eigenvalue weighted by Crippen LogP contribution is 2.28. The largest absolute Gasteiger partial charge is 0.382 e. The van der Waals surface area contributed by atoms with Crippen LogP contribution in [0, 0.1) is 0 Å². The number of halogens is 1. The van der Waals surface area contributed by atoms with Gasteiger partial charge < -0.3 is 15.1 Å². The van der Waals surface area contributed by atoms with Crippen molar-refractivity contribution in [3.8, 4) is 0 Å². The molecule has 0 radical (unpaired) electrons. The van der Waals surface area contributed by atoms with Crippen molar-refractivity contribution in [1.82, 2.24) is 4.90 Å². The maximum absolute atomic E-state index is 6.31. The standard InChI is InChI=1S/C15H24ClN3/c1-18(2)15-7-6-13(11-14(15)16)17-12-5-4-9-19(3)10-8-12/h6-7,11-12,17H,4-5,8-10H2,1-3H3. The maximum atomic E-state index is 6.31. The van der Waals surface area contributed by atoms with Crippen LogP contribution in [0.25, 0.3) is 0 Å². The third-order valence-corrected chi connectivity index (χ3v) is 4.05. The summed E-state index contributed by atoms with van der Waals surface area (Å²) in [5, 5.41) is 4.42. The Labute approximate surface area is 121 Å². The molecule has 1 unspecified atom stereocenters. The van der Waals surface area contributed by atoms with Crippen LogP contribution in [0.5, 0.6) is 0 Å². The molecule has 0 spiro atoms. The summed E-state index contributed by atoms with van der Waals surface area (Å²) in [4.78, 5) is 4.44. The summed E-state index contributed by atoms with van der Waals surface area (Å²) in [7, 11) is 6.22. The first-order valence-electron chi connectivity index (χ1n) is 6.98. The predicted octanol–water partition coefficient (Wildman–Crippen LogP) is 3.30. The molecule has 3 nitrogen and oxygen atoms in total. The molecule has 19 heavy (non-hydrogen) atoms. The number of rotatable bonds is 3. The van der Waals surface area contributed by atoms with E-state index in [2.05, 4.69) is 29.4 Å². The molecule has 1 saturated heterocycles. The number of nitrogens with zero attached hydrogens (tertiary/aromatic N) is 2. The average molecular weight is 282 g/mol. The Balaban J connectivity index is 2.01. The van der Waals surface area contributed by atoms with Gasteiger partial charge in [-0.3, -0.25) is 0 Å². The van der Waals surface area contributed by atoms with Crippen LogP contribution >= 0.6 is 11.6 Å². The summed E-state index contributed by atoms with van der Waals surface area (Å²) in [5.41, 5.74) is 2.19. The lowest BCUT2D eigenvalue weighted by molar-refractivity contribution is 0.348. The Morgan fingerprint density at radius 1 is 1.26 bits per heavy atom. The van der Waals surface area contributed by atoms with Gasteiger partial charge in [0.05, 0.1) is 10.7 Å². The van der Waals surface area contributed by atoms with Gasteiger partial charge in [0, 0.05) is 25.8 Å². The van der Waals surface area contributed by atoms with Crippen LogP contribution in [0.4, 0.5) is 11.4 Å². The minimum absolute atomic E-state index is 0.561. The monoisotopic (exact) mass is 281 g/mol. The van der Waals surface area contributed by atoms with Crippen molar-refractivity contribution in [2.75, 3.05) is 44.4 Å². The number of hydrogen-bond acceptors (Lipinski definition) is 3. The molecule has 0 amide bonds. The van der Waals surface area contributed by atoms with E-state index in [4.69, 9.17) is 11.6 Å². The van der Waals surface area contributed by atoms with Gasteiger partial charge in [0.15, 0.2) is 0 Å². The van der Waals surface area contributed by atoms with E-state index in [1.807, 2.05) is 25.1 Å². The van der Waals surface area contributed by atoms with Gasteiger partial charge in [-0.05, 0) is 57.6 Å². The van der Waals surface area contributed by atoms with E-state index in [-0.39, 0.29) is 0 Å². The first-order valence-corrected chi connectivity index (χ1v) is 7.36. The number of benzene rings is 1. The van der Waals surface area contributed by atoms with Crippen molar-refractivity contribution >= 4 is 23.0 Å². The second-order valence-corrected chi connectivity index (χ2v) is 6.04. The van der Waals surface area contributed by atoms with Gasteiger partial charge in [0.25, 0.3) is 0 Å². The topological polar surface area (TPSA) is 18.5 Å². The van der Waals surface area contributed by atoms with Crippen LogP contribution in [0.15, 0.2) is 18.2 Å². The Bertz CT molecular complexity index is 420. The number of anilines is 2. The van der Waals surface area contributed by atoms with Crippen molar-refractivity contribution in [2.24, 2.45) is 0 Å². The van der Waals surface area contributed by atoms with Gasteiger partial charge in [-0.25, -0.2) is 0 Å². The zero-order chi connectivity index (χ0) is 13.8. The summed E-state index contributed by atoms with van der Waals surface area (Å²) in [5.74, 6) is 0. The fraction of sp³-hybridized carbons (Fsp3) is 0.600. The molecule has 1 heterocycles. The third kappa shape index (κ3) is 4.02. The molecule has 0 bridgehead atoms. The fourth-order valence-electron chi connectivity index (χ4n) is 2.58. The molecular formula is C15H24ClN3. The van der Waals surface area contributed by atoms with E-state index in [9.17, 15) is 0 Å². The summed E-state index contributed by atoms with van der Waals surface area (Å²) in [6.07, 6.45) is 3.69. The average Bonchev–Trinajstić information content (AvgIpc) is 2.54. The van der Waals surface area contributed by atoms with Gasteiger partial charge in [-0.15, -0.1) is 0 Å². The molecule has 1 N–H and O–H groups in total. The van der Waals surface area contributed by atoms with Crippen LogP contribution in [0.1, 0.15) is 19.3 Å². The Morgan fingerprint density at radius 2 is 2.05 bits per heavy atom. The highest BCUT2D eigenvalue weighted by molar-refractivity contribution is 6.33. The molecule has 1 fully saturated rings. The van der Waals surface area contributed by atoms with E-state index in [0.29, 0.717) is 6.04 Å². The molecule has 2 rings (SSSR count). The van der Waals surface area contributed by atoms with Gasteiger partial charge in [0.2, 0.25) is 0 Å². The van der Waals surface area contributed by atoms with Gasteiger partial charge in [0.1, 0.15) is 0 Å². The van der Waals surface area contributed by atoms with Crippen molar-refractivity contribution in [3.63, 3.8) is 0 Å². The van der Waals surface area contributed by atoms with E-state index in [0.717, 1.165) is 16.4 Å². The fourth-order valence-corrected chi connectivity index (χ4v) is 2.93. The van der Waals surface area contributed by atoms with Gasteiger partial charge in [-0.1, -0.05) is 11.6 Å². The van der Waals surface area contributed by atoms with E-state index in [1.54, 1.807) is 0 Å². The molecule has 0 saturated carbocycles. The van der Waals surface area contributed by atoms with Crippen LogP contribution < -0.4 is 10.2 Å². The number of likely N-dealkylation sites (tertiary alicyclic amines) is 1. The highest BCUT2D eigenvalue weighted by atomic mass is 35.5. The van der Waals surface area contributed by atoms with Gasteiger partial charge in [-0.2, -0.15) is 0 Å². The lowest BCUT2D eigenvalue weighted by atomic mass is 10.1. The van der Waals surface area contributed by atoms with Gasteiger partial charge >= 0.3 is 0 Å². The first kappa shape index (κ1) is 14.5. The minimum Gasteiger partial charge on any atom is -0.382 e. The normalized spacial score (nSPS) is 20.9. The number of hydrogen-bond donors (Lipinski definition) is 1.